The van der Waals surface area contributed by atoms with Crippen LogP contribution in [0.25, 0.3) is 5.57 Å². The van der Waals surface area contributed by atoms with Crippen LogP contribution in [0.1, 0.15) is 18.4 Å². The van der Waals surface area contributed by atoms with E-state index >= 15 is 0 Å². The molecule has 3 heteroatoms. The highest BCUT2D eigenvalue weighted by Crippen LogP contribution is 2.57. The monoisotopic (exact) mass is 227 g/mol. The van der Waals surface area contributed by atoms with Crippen molar-refractivity contribution in [2.24, 2.45) is 5.41 Å². The smallest absolute Gasteiger partial charge is 0.212 e. The van der Waals surface area contributed by atoms with Crippen LogP contribution in [0.5, 0.6) is 0 Å². The van der Waals surface area contributed by atoms with Gasteiger partial charge in [-0.3, -0.25) is 0 Å². The lowest BCUT2D eigenvalue weighted by atomic mass is 9.87. The Balaban J connectivity index is 1.94. The van der Waals surface area contributed by atoms with E-state index in [0.717, 1.165) is 17.3 Å². The predicted octanol–water partition coefficient (Wildman–Crippen LogP) is -0.415. The van der Waals surface area contributed by atoms with E-state index in [0.29, 0.717) is 5.41 Å². The van der Waals surface area contributed by atoms with E-state index in [-0.39, 0.29) is 0 Å². The predicted molar refractivity (Wildman–Crippen MR) is 64.9 cm³/mol. The van der Waals surface area contributed by atoms with Gasteiger partial charge in [-0.15, -0.1) is 7.05 Å². The lowest BCUT2D eigenvalue weighted by Gasteiger charge is -2.33. The van der Waals surface area contributed by atoms with Crippen molar-refractivity contribution in [1.82, 2.24) is 4.98 Å². The van der Waals surface area contributed by atoms with Crippen LogP contribution in [0.4, 0.5) is 5.82 Å². The number of nitrogens with zero attached hydrogens (tertiary/aromatic N) is 1. The van der Waals surface area contributed by atoms with Gasteiger partial charge < -0.3 is 9.80 Å². The molecule has 1 aromatic heterocycles. The molecule has 88 valence electrons. The highest BCUT2D eigenvalue weighted by atomic mass is 15.3. The van der Waals surface area contributed by atoms with Crippen molar-refractivity contribution in [3.8, 4) is 0 Å². The van der Waals surface area contributed by atoms with Gasteiger partial charge in [-0.2, -0.15) is 7.05 Å². The number of hydrogen-bond acceptors (Lipinski definition) is 1. The normalized spacial score (nSPS) is 32.6. The van der Waals surface area contributed by atoms with Crippen LogP contribution < -0.4 is 9.80 Å². The minimum absolute atomic E-state index is 0.405. The zero-order valence-corrected chi connectivity index (χ0v) is 9.92. The molecular weight excluding hydrogens is 210 g/mol. The van der Waals surface area contributed by atoms with E-state index in [4.69, 9.17) is 0 Å². The largest absolute Gasteiger partial charge is 0.459 e. The van der Waals surface area contributed by atoms with Gasteiger partial charge in [0.25, 0.3) is 0 Å². The van der Waals surface area contributed by atoms with Crippen LogP contribution >= 0.6 is 0 Å². The van der Waals surface area contributed by atoms with Crippen molar-refractivity contribution in [2.75, 3.05) is 13.1 Å². The molecule has 2 atom stereocenters. The maximum Gasteiger partial charge on any atom is 0.212 e. The quantitative estimate of drug-likeness (QED) is 0.578. The van der Waals surface area contributed by atoms with Crippen molar-refractivity contribution in [2.45, 2.75) is 12.8 Å². The molecule has 1 aliphatic carbocycles. The van der Waals surface area contributed by atoms with Crippen molar-refractivity contribution >= 4 is 11.4 Å². The van der Waals surface area contributed by atoms with E-state index in [1.165, 1.54) is 35.5 Å². The van der Waals surface area contributed by atoms with Crippen LogP contribution in [0.3, 0.4) is 0 Å². The molecule has 0 saturated heterocycles. The Morgan fingerprint density at radius 1 is 1.29 bits per heavy atom. The lowest BCUT2D eigenvalue weighted by molar-refractivity contribution is -0.877. The third-order valence-corrected chi connectivity index (χ3v) is 4.43. The van der Waals surface area contributed by atoms with E-state index < -0.39 is 0 Å². The van der Waals surface area contributed by atoms with Gasteiger partial charge in [-0.05, 0) is 25.0 Å². The highest BCUT2D eigenvalue weighted by Gasteiger charge is 2.56. The first-order valence-corrected chi connectivity index (χ1v) is 6.27. The Morgan fingerprint density at radius 3 is 2.88 bits per heavy atom. The second-order valence-corrected chi connectivity index (χ2v) is 5.62. The van der Waals surface area contributed by atoms with Crippen molar-refractivity contribution in [3.05, 3.63) is 43.7 Å². The highest BCUT2D eigenvalue weighted by molar-refractivity contribution is 5.81. The molecule has 2 aliphatic heterocycles. The first-order valence-electron chi connectivity index (χ1n) is 6.27. The van der Waals surface area contributed by atoms with Crippen molar-refractivity contribution in [1.29, 1.82) is 0 Å². The van der Waals surface area contributed by atoms with Crippen LogP contribution in [-0.2, 0) is 0 Å². The summed E-state index contributed by atoms with van der Waals surface area (Å²) in [5.74, 6) is 1.11. The summed E-state index contributed by atoms with van der Waals surface area (Å²) in [5, 5.41) is 0. The van der Waals surface area contributed by atoms with Gasteiger partial charge >= 0.3 is 0 Å². The average molecular weight is 227 g/mol. The van der Waals surface area contributed by atoms with Gasteiger partial charge in [0.2, 0.25) is 5.82 Å². The fraction of sp³-hybridized carbons (Fsp3) is 0.357. The SMILES string of the molecule is [CH2-][NH+]1CC2=C(c3cccnc3[NH+]2[CH2-])C2(CC2)C1. The first kappa shape index (κ1) is 9.80. The summed E-state index contributed by atoms with van der Waals surface area (Å²) in [5.41, 5.74) is 4.73. The van der Waals surface area contributed by atoms with Gasteiger partial charge in [0, 0.05) is 17.2 Å². The summed E-state index contributed by atoms with van der Waals surface area (Å²) >= 11 is 0. The average Bonchev–Trinajstić information content (AvgIpc) is 3.01. The molecule has 0 bridgehead atoms. The Bertz CT molecular complexity index is 528. The standard InChI is InChI=1S/C14H17N3/c1-16-8-11-12(14(9-16)5-6-14)10-4-3-7-15-13(10)17(11)2/h3-4,7,16-17H,1-2,5-6,8-9H2. The third kappa shape index (κ3) is 1.16. The van der Waals surface area contributed by atoms with Crippen molar-refractivity contribution < 1.29 is 9.80 Å². The maximum absolute atomic E-state index is 4.51. The fourth-order valence-electron chi connectivity index (χ4n) is 3.56. The van der Waals surface area contributed by atoms with Crippen LogP contribution in [0, 0.1) is 19.5 Å². The summed E-state index contributed by atoms with van der Waals surface area (Å²) in [6.07, 6.45) is 4.50. The van der Waals surface area contributed by atoms with E-state index in [2.05, 4.69) is 25.1 Å². The molecule has 17 heavy (non-hydrogen) atoms. The Labute approximate surface area is 102 Å². The number of aromatic nitrogens is 1. The Kier molecular flexibility index (Phi) is 1.72. The van der Waals surface area contributed by atoms with E-state index in [1.807, 2.05) is 12.3 Å². The second-order valence-electron chi connectivity index (χ2n) is 5.62. The summed E-state index contributed by atoms with van der Waals surface area (Å²) in [6, 6.07) is 4.26. The minimum atomic E-state index is 0.405. The Morgan fingerprint density at radius 2 is 2.12 bits per heavy atom. The molecule has 3 heterocycles. The number of fused-ring (bicyclic) bond motifs is 3. The molecule has 0 amide bonds. The van der Waals surface area contributed by atoms with Crippen molar-refractivity contribution in [3.63, 3.8) is 0 Å². The summed E-state index contributed by atoms with van der Waals surface area (Å²) in [7, 11) is 8.46. The topological polar surface area (TPSA) is 21.8 Å². The van der Waals surface area contributed by atoms with Gasteiger partial charge in [0.15, 0.2) is 0 Å². The number of rotatable bonds is 0. The maximum atomic E-state index is 4.51. The number of pyridine rings is 1. The van der Waals surface area contributed by atoms with Crippen LogP contribution in [0.15, 0.2) is 24.0 Å². The molecule has 3 aliphatic rings. The molecule has 1 fully saturated rings. The van der Waals surface area contributed by atoms with Crippen LogP contribution in [0.2, 0.25) is 0 Å². The molecule has 1 saturated carbocycles. The molecule has 0 radical (unpaired) electrons. The summed E-state index contributed by atoms with van der Waals surface area (Å²) in [6.45, 7) is 2.18. The molecule has 1 aromatic rings. The second kappa shape index (κ2) is 2.98. The van der Waals surface area contributed by atoms with Gasteiger partial charge in [-0.25, -0.2) is 4.98 Å². The Hall–Kier alpha value is -1.19. The molecule has 2 N–H and O–H groups in total. The van der Waals surface area contributed by atoms with E-state index in [9.17, 15) is 0 Å². The van der Waals surface area contributed by atoms with Gasteiger partial charge in [0.1, 0.15) is 12.2 Å². The van der Waals surface area contributed by atoms with Gasteiger partial charge in [-0.1, -0.05) is 0 Å². The van der Waals surface area contributed by atoms with Gasteiger partial charge in [0.05, 0.1) is 12.1 Å². The third-order valence-electron chi connectivity index (χ3n) is 4.43. The molecule has 0 aromatic carbocycles. The molecule has 1 spiro atoms. The number of quaternary nitrogens is 2. The number of nitrogens with one attached hydrogen (secondary N) is 2. The molecular formula is C14H17N3. The molecule has 2 unspecified atom stereocenters. The molecule has 3 nitrogen and oxygen atoms in total. The zero-order chi connectivity index (χ0) is 11.6. The van der Waals surface area contributed by atoms with E-state index in [1.54, 1.807) is 5.57 Å². The zero-order valence-electron chi connectivity index (χ0n) is 9.92. The number of hydrogen-bond donors (Lipinski definition) is 2. The summed E-state index contributed by atoms with van der Waals surface area (Å²) < 4.78 is 0. The molecule has 4 rings (SSSR count). The van der Waals surface area contributed by atoms with Crippen LogP contribution in [-0.4, -0.2) is 18.1 Å². The summed E-state index contributed by atoms with van der Waals surface area (Å²) in [4.78, 5) is 7.02. The fourth-order valence-corrected chi connectivity index (χ4v) is 3.56. The lowest BCUT2D eigenvalue weighted by Crippen LogP contribution is -3.13. The first-order chi connectivity index (χ1) is 8.21. The minimum Gasteiger partial charge on any atom is -0.459 e.